The van der Waals surface area contributed by atoms with Crippen LogP contribution in [0.2, 0.25) is 0 Å². The molecule has 1 saturated heterocycles. The van der Waals surface area contributed by atoms with Crippen molar-refractivity contribution in [1.82, 2.24) is 0 Å². The van der Waals surface area contributed by atoms with Crippen LogP contribution in [0, 0.1) is 0 Å². The van der Waals surface area contributed by atoms with Gasteiger partial charge in [-0.05, 0) is 6.42 Å². The molecule has 0 aromatic carbocycles. The number of nitrogens with two attached hydrogens (primary N) is 1. The molecule has 0 spiro atoms. The predicted molar refractivity (Wildman–Crippen MR) is 58.6 cm³/mol. The third-order valence-electron chi connectivity index (χ3n) is 2.82. The molecule has 2 rings (SSSR count). The van der Waals surface area contributed by atoms with Crippen molar-refractivity contribution >= 4 is 16.9 Å². The van der Waals surface area contributed by atoms with Gasteiger partial charge in [0.1, 0.15) is 11.5 Å². The Kier molecular flexibility index (Phi) is 3.20. The Morgan fingerprint density at radius 3 is 3.13 bits per heavy atom. The Hall–Kier alpha value is -0.300. The van der Waals surface area contributed by atoms with E-state index >= 15 is 0 Å². The number of nitrogens with zero attached hydrogens (tertiary/aromatic N) is 1. The number of hydrogen-bond acceptors (Lipinski definition) is 6. The van der Waals surface area contributed by atoms with E-state index in [1.807, 2.05) is 6.92 Å². The van der Waals surface area contributed by atoms with Crippen LogP contribution in [0.15, 0.2) is 4.99 Å². The van der Waals surface area contributed by atoms with E-state index in [0.717, 1.165) is 0 Å². The molecule has 0 bridgehead atoms. The van der Waals surface area contributed by atoms with Crippen molar-refractivity contribution in [3.05, 3.63) is 0 Å². The van der Waals surface area contributed by atoms with Gasteiger partial charge < -0.3 is 20.7 Å². The van der Waals surface area contributed by atoms with E-state index in [-0.39, 0.29) is 17.6 Å². The fourth-order valence-corrected chi connectivity index (χ4v) is 2.92. The molecular formula is C9H16N2O3S. The maximum atomic E-state index is 9.84. The van der Waals surface area contributed by atoms with E-state index in [4.69, 9.17) is 10.5 Å². The van der Waals surface area contributed by atoms with Gasteiger partial charge in [-0.3, -0.25) is 4.99 Å². The average molecular weight is 232 g/mol. The fourth-order valence-electron chi connectivity index (χ4n) is 1.92. The summed E-state index contributed by atoms with van der Waals surface area (Å²) in [5.41, 5.74) is 5.33. The number of rotatable bonds is 2. The largest absolute Gasteiger partial charge is 0.391 e. The van der Waals surface area contributed by atoms with Crippen LogP contribution in [-0.4, -0.2) is 45.2 Å². The van der Waals surface area contributed by atoms with Crippen LogP contribution in [0.4, 0.5) is 0 Å². The maximum absolute atomic E-state index is 9.84. The summed E-state index contributed by atoms with van der Waals surface area (Å²) in [6, 6.07) is -0.268. The molecule has 1 fully saturated rings. The quantitative estimate of drug-likeness (QED) is 0.606. The number of aliphatic hydroxyl groups excluding tert-OH is 2. The highest BCUT2D eigenvalue weighted by atomic mass is 32.2. The van der Waals surface area contributed by atoms with Crippen LogP contribution in [0.5, 0.6) is 0 Å². The molecule has 0 aromatic rings. The van der Waals surface area contributed by atoms with Gasteiger partial charge in [0.2, 0.25) is 0 Å². The van der Waals surface area contributed by atoms with Gasteiger partial charge >= 0.3 is 0 Å². The van der Waals surface area contributed by atoms with Crippen molar-refractivity contribution < 1.29 is 14.9 Å². The molecule has 5 atom stereocenters. The van der Waals surface area contributed by atoms with Crippen LogP contribution >= 0.6 is 11.8 Å². The van der Waals surface area contributed by atoms with Gasteiger partial charge in [-0.1, -0.05) is 18.7 Å². The number of amidine groups is 1. The predicted octanol–water partition coefficient (Wildman–Crippen LogP) is -0.337. The van der Waals surface area contributed by atoms with Crippen LogP contribution in [-0.2, 0) is 4.74 Å². The second-order valence-electron chi connectivity index (χ2n) is 3.90. The summed E-state index contributed by atoms with van der Waals surface area (Å²) in [6.45, 7) is 1.89. The van der Waals surface area contributed by atoms with E-state index in [1.165, 1.54) is 11.8 Å². The first-order valence-electron chi connectivity index (χ1n) is 5.13. The number of ether oxygens (including phenoxy) is 1. The first-order valence-corrected chi connectivity index (χ1v) is 6.01. The third-order valence-corrected chi connectivity index (χ3v) is 3.79. The highest BCUT2D eigenvalue weighted by Crippen LogP contribution is 2.36. The van der Waals surface area contributed by atoms with E-state index in [1.54, 1.807) is 0 Å². The number of aliphatic imine (C=N–C) groups is 1. The molecule has 5 nitrogen and oxygen atoms in total. The zero-order valence-electron chi connectivity index (χ0n) is 8.54. The molecule has 2 aliphatic heterocycles. The van der Waals surface area contributed by atoms with Gasteiger partial charge in [-0.25, -0.2) is 0 Å². The number of fused-ring (bicyclic) bond motifs is 1. The Morgan fingerprint density at radius 2 is 2.47 bits per heavy atom. The normalized spacial score (nSPS) is 42.2. The molecule has 4 N–H and O–H groups in total. The minimum atomic E-state index is -0.566. The topological polar surface area (TPSA) is 88.1 Å². The van der Waals surface area contributed by atoms with Gasteiger partial charge in [-0.15, -0.1) is 0 Å². The maximum Gasteiger partial charge on any atom is 0.157 e. The Bertz CT molecular complexity index is 274. The summed E-state index contributed by atoms with van der Waals surface area (Å²) >= 11 is 1.32. The zero-order valence-corrected chi connectivity index (χ0v) is 9.35. The average Bonchev–Trinajstić information content (AvgIpc) is 2.58. The summed E-state index contributed by atoms with van der Waals surface area (Å²) in [4.78, 5) is 4.11. The molecule has 0 aliphatic carbocycles. The molecule has 2 heterocycles. The highest BCUT2D eigenvalue weighted by Gasteiger charge is 2.43. The molecule has 2 aliphatic rings. The second kappa shape index (κ2) is 4.29. The number of thioether (sulfide) groups is 1. The van der Waals surface area contributed by atoms with Crippen molar-refractivity contribution in [2.75, 3.05) is 0 Å². The fraction of sp³-hybridized carbons (Fsp3) is 0.889. The minimum Gasteiger partial charge on any atom is -0.391 e. The van der Waals surface area contributed by atoms with Gasteiger partial charge in [0.15, 0.2) is 5.17 Å². The van der Waals surface area contributed by atoms with Crippen LogP contribution < -0.4 is 5.73 Å². The Labute approximate surface area is 92.7 Å². The van der Waals surface area contributed by atoms with Gasteiger partial charge in [0.25, 0.3) is 0 Å². The van der Waals surface area contributed by atoms with Crippen molar-refractivity contribution in [1.29, 1.82) is 0 Å². The zero-order chi connectivity index (χ0) is 11.0. The lowest BCUT2D eigenvalue weighted by atomic mass is 9.97. The standard InChI is InChI=1S/C9H16N2O3S/c1-2-4(12)6-3-5(13)7-8(14-6)15-9(10)11-7/h4-8,12-13H,2-3H2,1H3,(H2,10,11). The summed E-state index contributed by atoms with van der Waals surface area (Å²) in [5.74, 6) is 0. The van der Waals surface area contributed by atoms with Gasteiger partial charge in [0, 0.05) is 6.42 Å². The smallest absolute Gasteiger partial charge is 0.157 e. The molecule has 0 amide bonds. The third kappa shape index (κ3) is 2.13. The van der Waals surface area contributed by atoms with Crippen molar-refractivity contribution in [2.24, 2.45) is 10.7 Å². The first kappa shape index (κ1) is 11.2. The lowest BCUT2D eigenvalue weighted by Gasteiger charge is -2.36. The lowest BCUT2D eigenvalue weighted by Crippen LogP contribution is -2.47. The van der Waals surface area contributed by atoms with Crippen LogP contribution in [0.3, 0.4) is 0 Å². The van der Waals surface area contributed by atoms with E-state index < -0.39 is 12.2 Å². The van der Waals surface area contributed by atoms with Gasteiger partial charge in [-0.2, -0.15) is 0 Å². The van der Waals surface area contributed by atoms with E-state index in [9.17, 15) is 10.2 Å². The molecule has 0 saturated carbocycles. The number of aliphatic hydroxyl groups is 2. The summed E-state index contributed by atoms with van der Waals surface area (Å²) in [6.07, 6.45) is -0.352. The molecule has 0 radical (unpaired) electrons. The number of hydrogen-bond donors (Lipinski definition) is 3. The molecule has 86 valence electrons. The van der Waals surface area contributed by atoms with Crippen LogP contribution in [0.1, 0.15) is 19.8 Å². The molecule has 6 heteroatoms. The first-order chi connectivity index (χ1) is 7.11. The SMILES string of the molecule is CCC(O)C1CC(O)C2N=C(N)SC2O1. The lowest BCUT2D eigenvalue weighted by molar-refractivity contribution is -0.117. The molecular weight excluding hydrogens is 216 g/mol. The highest BCUT2D eigenvalue weighted by molar-refractivity contribution is 8.14. The van der Waals surface area contributed by atoms with E-state index in [0.29, 0.717) is 18.0 Å². The summed E-state index contributed by atoms with van der Waals surface area (Å²) < 4.78 is 5.66. The monoisotopic (exact) mass is 232 g/mol. The Morgan fingerprint density at radius 1 is 1.73 bits per heavy atom. The summed E-state index contributed by atoms with van der Waals surface area (Å²) in [7, 11) is 0. The van der Waals surface area contributed by atoms with Crippen molar-refractivity contribution in [3.63, 3.8) is 0 Å². The molecule has 15 heavy (non-hydrogen) atoms. The molecule has 5 unspecified atom stereocenters. The Balaban J connectivity index is 2.03. The van der Waals surface area contributed by atoms with E-state index in [2.05, 4.69) is 4.99 Å². The van der Waals surface area contributed by atoms with Gasteiger partial charge in [0.05, 0.1) is 18.3 Å². The molecule has 0 aromatic heterocycles. The van der Waals surface area contributed by atoms with Crippen LogP contribution in [0.25, 0.3) is 0 Å². The summed E-state index contributed by atoms with van der Waals surface area (Å²) in [5, 5.41) is 20.0. The minimum absolute atomic E-state index is 0.236. The second-order valence-corrected chi connectivity index (χ2v) is 5.02. The van der Waals surface area contributed by atoms with Crippen molar-refractivity contribution in [2.45, 2.75) is 49.6 Å². The van der Waals surface area contributed by atoms with Crippen molar-refractivity contribution in [3.8, 4) is 0 Å².